The van der Waals surface area contributed by atoms with Crippen LogP contribution in [-0.4, -0.2) is 44.2 Å². The van der Waals surface area contributed by atoms with Crippen LogP contribution in [0.15, 0.2) is 28.9 Å². The zero-order valence-corrected chi connectivity index (χ0v) is 19.7. The van der Waals surface area contributed by atoms with Gasteiger partial charge in [-0.25, -0.2) is 9.78 Å². The second kappa shape index (κ2) is 8.17. The Morgan fingerprint density at radius 3 is 2.63 bits per heavy atom. The van der Waals surface area contributed by atoms with Gasteiger partial charge in [0.1, 0.15) is 16.9 Å². The molecule has 4 rings (SSSR count). The molecule has 1 aliphatic heterocycles. The lowest BCUT2D eigenvalue weighted by Gasteiger charge is -2.33. The van der Waals surface area contributed by atoms with E-state index in [0.717, 1.165) is 65.6 Å². The number of ether oxygens (including phenoxy) is 1. The summed E-state index contributed by atoms with van der Waals surface area (Å²) in [5.41, 5.74) is 2.64. The third-order valence-electron chi connectivity index (χ3n) is 5.64. The summed E-state index contributed by atoms with van der Waals surface area (Å²) in [6.45, 7) is 10.3. The number of carbonyl (C=O) groups excluding carboxylic acids is 1. The first-order valence-corrected chi connectivity index (χ1v) is 11.5. The van der Waals surface area contributed by atoms with Crippen LogP contribution in [0.3, 0.4) is 0 Å². The third-order valence-corrected chi connectivity index (χ3v) is 6.13. The Balaban J connectivity index is 1.56. The molecule has 7 heteroatoms. The molecule has 0 aliphatic carbocycles. The van der Waals surface area contributed by atoms with E-state index in [9.17, 15) is 4.79 Å². The number of rotatable bonds is 3. The molecule has 1 amide bonds. The Hall–Kier alpha value is -2.15. The van der Waals surface area contributed by atoms with Gasteiger partial charge in [0, 0.05) is 35.9 Å². The van der Waals surface area contributed by atoms with Crippen LogP contribution in [0.1, 0.15) is 46.4 Å². The number of amides is 1. The highest BCUT2D eigenvalue weighted by atomic mass is 79.9. The number of piperidine rings is 1. The molecule has 1 saturated heterocycles. The first-order valence-electron chi connectivity index (χ1n) is 10.7. The molecular formula is C23H29BrN4O2. The van der Waals surface area contributed by atoms with Crippen molar-refractivity contribution in [2.45, 2.75) is 59.1 Å². The van der Waals surface area contributed by atoms with E-state index in [0.29, 0.717) is 5.92 Å². The van der Waals surface area contributed by atoms with Crippen LogP contribution in [-0.2, 0) is 17.7 Å². The zero-order chi connectivity index (χ0) is 21.5. The quantitative estimate of drug-likeness (QED) is 0.500. The van der Waals surface area contributed by atoms with Gasteiger partial charge in [0.25, 0.3) is 0 Å². The molecule has 0 bridgehead atoms. The molecule has 3 heterocycles. The van der Waals surface area contributed by atoms with Crippen molar-refractivity contribution in [1.29, 1.82) is 0 Å². The summed E-state index contributed by atoms with van der Waals surface area (Å²) in [4.78, 5) is 23.7. The molecule has 1 fully saturated rings. The van der Waals surface area contributed by atoms with Gasteiger partial charge in [0.05, 0.1) is 17.2 Å². The van der Waals surface area contributed by atoms with Crippen LogP contribution in [0.25, 0.3) is 21.9 Å². The number of carbonyl (C=O) groups is 1. The maximum Gasteiger partial charge on any atom is 0.410 e. The Labute approximate surface area is 185 Å². The Morgan fingerprint density at radius 1 is 1.23 bits per heavy atom. The van der Waals surface area contributed by atoms with Crippen molar-refractivity contribution in [3.63, 3.8) is 0 Å². The summed E-state index contributed by atoms with van der Waals surface area (Å²) in [6, 6.07) is 6.24. The maximum atomic E-state index is 12.4. The number of benzene rings is 1. The van der Waals surface area contributed by atoms with Crippen LogP contribution in [0.5, 0.6) is 0 Å². The summed E-state index contributed by atoms with van der Waals surface area (Å²) < 4.78 is 8.93. The Morgan fingerprint density at radius 2 is 1.97 bits per heavy atom. The monoisotopic (exact) mass is 472 g/mol. The van der Waals surface area contributed by atoms with Crippen LogP contribution in [0.2, 0.25) is 0 Å². The Kier molecular flexibility index (Phi) is 5.75. The molecule has 0 saturated carbocycles. The molecule has 0 spiro atoms. The fourth-order valence-electron chi connectivity index (χ4n) is 4.18. The number of aryl methyl sites for hydroxylation is 1. The number of nitrogens with zero attached hydrogens (tertiary/aromatic N) is 4. The lowest BCUT2D eigenvalue weighted by Crippen LogP contribution is -2.42. The van der Waals surface area contributed by atoms with E-state index in [1.54, 1.807) is 0 Å². The number of halogens is 1. The van der Waals surface area contributed by atoms with Gasteiger partial charge in [0.2, 0.25) is 0 Å². The minimum atomic E-state index is -0.455. The van der Waals surface area contributed by atoms with Crippen LogP contribution >= 0.6 is 15.9 Å². The van der Waals surface area contributed by atoms with Crippen LogP contribution in [0.4, 0.5) is 4.79 Å². The van der Waals surface area contributed by atoms with Gasteiger partial charge in [-0.3, -0.25) is 4.98 Å². The highest BCUT2D eigenvalue weighted by Crippen LogP contribution is 2.30. The van der Waals surface area contributed by atoms with E-state index in [1.165, 1.54) is 5.52 Å². The molecule has 0 atom stereocenters. The third kappa shape index (κ3) is 4.31. The molecule has 160 valence electrons. The first-order chi connectivity index (χ1) is 14.2. The van der Waals surface area contributed by atoms with E-state index in [1.807, 2.05) is 31.9 Å². The molecule has 3 aromatic rings. The molecule has 2 aromatic heterocycles. The number of hydrogen-bond acceptors (Lipinski definition) is 4. The lowest BCUT2D eigenvalue weighted by atomic mass is 9.96. The average molecular weight is 473 g/mol. The van der Waals surface area contributed by atoms with Crippen molar-refractivity contribution in [3.05, 3.63) is 34.7 Å². The van der Waals surface area contributed by atoms with Crippen molar-refractivity contribution in [3.8, 4) is 0 Å². The summed E-state index contributed by atoms with van der Waals surface area (Å²) in [5.74, 6) is 1.60. The molecule has 6 nitrogen and oxygen atoms in total. The highest BCUT2D eigenvalue weighted by Gasteiger charge is 2.28. The summed E-state index contributed by atoms with van der Waals surface area (Å²) in [5, 5.41) is 1.13. The minimum absolute atomic E-state index is 0.203. The summed E-state index contributed by atoms with van der Waals surface area (Å²) in [6.07, 6.45) is 4.49. The SMILES string of the molecule is CCc1nc2cnc3cc(Br)ccc3c2n1CC1CCN(C(=O)OC(C)(C)C)CC1. The smallest absolute Gasteiger partial charge is 0.410 e. The summed E-state index contributed by atoms with van der Waals surface area (Å²) >= 11 is 3.54. The normalized spacial score (nSPS) is 15.8. The molecule has 30 heavy (non-hydrogen) atoms. The van der Waals surface area contributed by atoms with Crippen molar-refractivity contribution in [1.82, 2.24) is 19.4 Å². The highest BCUT2D eigenvalue weighted by molar-refractivity contribution is 9.10. The molecular weight excluding hydrogens is 444 g/mol. The van der Waals surface area contributed by atoms with Gasteiger partial charge in [-0.1, -0.05) is 22.9 Å². The Bertz CT molecular complexity index is 1080. The topological polar surface area (TPSA) is 60.2 Å². The van der Waals surface area contributed by atoms with Crippen LogP contribution < -0.4 is 0 Å². The fourth-order valence-corrected chi connectivity index (χ4v) is 4.53. The lowest BCUT2D eigenvalue weighted by molar-refractivity contribution is 0.0178. The van der Waals surface area contributed by atoms with E-state index in [-0.39, 0.29) is 6.09 Å². The van der Waals surface area contributed by atoms with Crippen LogP contribution in [0, 0.1) is 5.92 Å². The van der Waals surface area contributed by atoms with Gasteiger partial charge in [-0.15, -0.1) is 0 Å². The number of hydrogen-bond donors (Lipinski definition) is 0. The number of aromatic nitrogens is 3. The average Bonchev–Trinajstić information content (AvgIpc) is 3.05. The predicted molar refractivity (Wildman–Crippen MR) is 123 cm³/mol. The number of imidazole rings is 1. The van der Waals surface area contributed by atoms with E-state index < -0.39 is 5.60 Å². The molecule has 0 unspecified atom stereocenters. The van der Waals surface area contributed by atoms with Crippen molar-refractivity contribution >= 4 is 44.0 Å². The molecule has 0 radical (unpaired) electrons. The molecule has 1 aliphatic rings. The maximum absolute atomic E-state index is 12.4. The predicted octanol–water partition coefficient (Wildman–Crippen LogP) is 5.56. The van der Waals surface area contributed by atoms with Gasteiger partial charge < -0.3 is 14.2 Å². The van der Waals surface area contributed by atoms with E-state index in [2.05, 4.69) is 50.6 Å². The second-order valence-electron chi connectivity index (χ2n) is 9.06. The fraction of sp³-hybridized carbons (Fsp3) is 0.522. The molecule has 0 N–H and O–H groups in total. The number of pyridine rings is 1. The minimum Gasteiger partial charge on any atom is -0.444 e. The second-order valence-corrected chi connectivity index (χ2v) is 9.97. The van der Waals surface area contributed by atoms with Crippen molar-refractivity contribution in [2.75, 3.05) is 13.1 Å². The number of fused-ring (bicyclic) bond motifs is 3. The first kappa shape index (κ1) is 21.1. The van der Waals surface area contributed by atoms with Crippen molar-refractivity contribution < 1.29 is 9.53 Å². The number of likely N-dealkylation sites (tertiary alicyclic amines) is 1. The van der Waals surface area contributed by atoms with E-state index in [4.69, 9.17) is 9.72 Å². The van der Waals surface area contributed by atoms with Gasteiger partial charge in [-0.2, -0.15) is 0 Å². The van der Waals surface area contributed by atoms with E-state index >= 15 is 0 Å². The standard InChI is InChI=1S/C23H29BrN4O2/c1-5-20-26-19-13-25-18-12-16(24)6-7-17(18)21(19)28(20)14-15-8-10-27(11-9-15)22(29)30-23(2,3)4/h6-7,12-13,15H,5,8-11,14H2,1-4H3. The molecule has 1 aromatic carbocycles. The summed E-state index contributed by atoms with van der Waals surface area (Å²) in [7, 11) is 0. The zero-order valence-electron chi connectivity index (χ0n) is 18.1. The van der Waals surface area contributed by atoms with Gasteiger partial charge in [0.15, 0.2) is 0 Å². The van der Waals surface area contributed by atoms with Gasteiger partial charge in [-0.05, 0) is 57.7 Å². The van der Waals surface area contributed by atoms with Gasteiger partial charge >= 0.3 is 6.09 Å². The largest absolute Gasteiger partial charge is 0.444 e. The van der Waals surface area contributed by atoms with Crippen molar-refractivity contribution in [2.24, 2.45) is 5.92 Å².